The highest BCUT2D eigenvalue weighted by molar-refractivity contribution is 5.81. The first-order chi connectivity index (χ1) is 10.5. The lowest BCUT2D eigenvalue weighted by Gasteiger charge is -2.23. The maximum Gasteiger partial charge on any atom is 0.239 e. The first-order valence-electron chi connectivity index (χ1n) is 7.27. The van der Waals surface area contributed by atoms with E-state index in [1.807, 2.05) is 56.3 Å². The molecule has 0 saturated heterocycles. The molecule has 0 radical (unpaired) electrons. The number of carbonyl (C=O) groups excluding carboxylic acids is 1. The number of nitrogens with two attached hydrogens (primary N) is 1. The summed E-state index contributed by atoms with van der Waals surface area (Å²) in [4.78, 5) is 11.8. The zero-order chi connectivity index (χ0) is 16.1. The van der Waals surface area contributed by atoms with Gasteiger partial charge in [0.1, 0.15) is 11.8 Å². The van der Waals surface area contributed by atoms with Gasteiger partial charge in [0.25, 0.3) is 0 Å². The number of primary amides is 1. The van der Waals surface area contributed by atoms with Gasteiger partial charge in [0.15, 0.2) is 0 Å². The molecule has 0 fully saturated rings. The van der Waals surface area contributed by atoms with E-state index >= 15 is 0 Å². The summed E-state index contributed by atoms with van der Waals surface area (Å²) in [6.45, 7) is 4.02. The van der Waals surface area contributed by atoms with Crippen LogP contribution < -0.4 is 15.8 Å². The van der Waals surface area contributed by atoms with Crippen LogP contribution in [0.2, 0.25) is 0 Å². The van der Waals surface area contributed by atoms with Crippen LogP contribution in [0.25, 0.3) is 0 Å². The summed E-state index contributed by atoms with van der Waals surface area (Å²) in [5.74, 6) is 0.395. The Morgan fingerprint density at radius 3 is 2.45 bits per heavy atom. The number of nitrogens with one attached hydrogen (secondary N) is 1. The van der Waals surface area contributed by atoms with E-state index in [-0.39, 0.29) is 6.04 Å². The summed E-state index contributed by atoms with van der Waals surface area (Å²) in [5.41, 5.74) is 8.56. The zero-order valence-corrected chi connectivity index (χ0v) is 13.2. The Balaban J connectivity index is 2.27. The molecule has 4 nitrogen and oxygen atoms in total. The molecule has 3 N–H and O–H groups in total. The number of carbonyl (C=O) groups is 1. The first-order valence-corrected chi connectivity index (χ1v) is 7.27. The second-order valence-electron chi connectivity index (χ2n) is 5.38. The van der Waals surface area contributed by atoms with E-state index in [4.69, 9.17) is 10.5 Å². The Hall–Kier alpha value is -2.33. The normalized spacial score (nSPS) is 13.4. The fourth-order valence-corrected chi connectivity index (χ4v) is 2.52. The van der Waals surface area contributed by atoms with Crippen LogP contribution in [-0.2, 0) is 4.79 Å². The highest BCUT2D eigenvalue weighted by Gasteiger charge is 2.22. The lowest BCUT2D eigenvalue weighted by molar-refractivity contribution is -0.120. The number of aryl methyl sites for hydroxylation is 1. The van der Waals surface area contributed by atoms with Gasteiger partial charge in [-0.3, -0.25) is 10.1 Å². The van der Waals surface area contributed by atoms with Crippen LogP contribution in [0.15, 0.2) is 48.5 Å². The molecule has 0 spiro atoms. The smallest absolute Gasteiger partial charge is 0.239 e. The molecule has 0 unspecified atom stereocenters. The first kappa shape index (κ1) is 16.0. The Bertz CT molecular complexity index is 641. The summed E-state index contributed by atoms with van der Waals surface area (Å²) in [6, 6.07) is 14.9. The summed E-state index contributed by atoms with van der Waals surface area (Å²) < 4.78 is 5.41. The summed E-state index contributed by atoms with van der Waals surface area (Å²) >= 11 is 0. The number of benzene rings is 2. The van der Waals surface area contributed by atoms with Crippen LogP contribution in [0.4, 0.5) is 0 Å². The van der Waals surface area contributed by atoms with Crippen molar-refractivity contribution in [2.75, 3.05) is 7.11 Å². The van der Waals surface area contributed by atoms with Crippen molar-refractivity contribution in [2.24, 2.45) is 5.73 Å². The maximum absolute atomic E-state index is 11.8. The van der Waals surface area contributed by atoms with Crippen molar-refractivity contribution in [3.63, 3.8) is 0 Å². The molecular weight excluding hydrogens is 276 g/mol. The van der Waals surface area contributed by atoms with Gasteiger partial charge in [-0.25, -0.2) is 0 Å². The SMILES string of the molecule is COc1ccc(C)cc1[C@H](C)N[C@@H](C(N)=O)c1ccccc1. The summed E-state index contributed by atoms with van der Waals surface area (Å²) in [6.07, 6.45) is 0. The third kappa shape index (κ3) is 3.65. The van der Waals surface area contributed by atoms with E-state index in [2.05, 4.69) is 11.4 Å². The number of rotatable bonds is 6. The monoisotopic (exact) mass is 298 g/mol. The van der Waals surface area contributed by atoms with Crippen molar-refractivity contribution in [1.82, 2.24) is 5.32 Å². The van der Waals surface area contributed by atoms with Crippen LogP contribution in [-0.4, -0.2) is 13.0 Å². The Kier molecular flexibility index (Phi) is 5.17. The van der Waals surface area contributed by atoms with Gasteiger partial charge in [-0.1, -0.05) is 48.0 Å². The number of hydrogen-bond donors (Lipinski definition) is 2. The number of ether oxygens (including phenoxy) is 1. The fourth-order valence-electron chi connectivity index (χ4n) is 2.52. The molecule has 116 valence electrons. The molecular formula is C18H22N2O2. The minimum absolute atomic E-state index is 0.0763. The van der Waals surface area contributed by atoms with Gasteiger partial charge in [-0.05, 0) is 25.5 Å². The third-order valence-corrected chi connectivity index (χ3v) is 3.69. The molecule has 0 aliphatic carbocycles. The maximum atomic E-state index is 11.8. The zero-order valence-electron chi connectivity index (χ0n) is 13.2. The minimum Gasteiger partial charge on any atom is -0.496 e. The predicted octanol–water partition coefficient (Wildman–Crippen LogP) is 2.88. The van der Waals surface area contributed by atoms with Crippen molar-refractivity contribution in [2.45, 2.75) is 25.9 Å². The molecule has 22 heavy (non-hydrogen) atoms. The molecule has 0 aliphatic rings. The van der Waals surface area contributed by atoms with Gasteiger partial charge in [0.05, 0.1) is 7.11 Å². The largest absolute Gasteiger partial charge is 0.496 e. The van der Waals surface area contributed by atoms with Crippen molar-refractivity contribution in [3.05, 3.63) is 65.2 Å². The Labute approximate surface area is 131 Å². The van der Waals surface area contributed by atoms with Gasteiger partial charge in [-0.15, -0.1) is 0 Å². The van der Waals surface area contributed by atoms with Crippen molar-refractivity contribution >= 4 is 5.91 Å². The summed E-state index contributed by atoms with van der Waals surface area (Å²) in [5, 5.41) is 3.30. The molecule has 0 aliphatic heterocycles. The van der Waals surface area contributed by atoms with E-state index in [1.54, 1.807) is 7.11 Å². The number of amides is 1. The van der Waals surface area contributed by atoms with E-state index in [9.17, 15) is 4.79 Å². The highest BCUT2D eigenvalue weighted by Crippen LogP contribution is 2.28. The molecule has 0 heterocycles. The van der Waals surface area contributed by atoms with Crippen LogP contribution in [0.5, 0.6) is 5.75 Å². The van der Waals surface area contributed by atoms with Gasteiger partial charge >= 0.3 is 0 Å². The number of hydrogen-bond acceptors (Lipinski definition) is 3. The second kappa shape index (κ2) is 7.09. The van der Waals surface area contributed by atoms with Gasteiger partial charge < -0.3 is 10.5 Å². The highest BCUT2D eigenvalue weighted by atomic mass is 16.5. The van der Waals surface area contributed by atoms with E-state index in [1.165, 1.54) is 0 Å². The van der Waals surface area contributed by atoms with Gasteiger partial charge in [-0.2, -0.15) is 0 Å². The minimum atomic E-state index is -0.540. The van der Waals surface area contributed by atoms with Gasteiger partial charge in [0, 0.05) is 11.6 Å². The molecule has 2 aromatic carbocycles. The van der Waals surface area contributed by atoms with Crippen LogP contribution in [0.3, 0.4) is 0 Å². The average molecular weight is 298 g/mol. The fraction of sp³-hybridized carbons (Fsp3) is 0.278. The molecule has 1 amide bonds. The lowest BCUT2D eigenvalue weighted by Crippen LogP contribution is -2.35. The van der Waals surface area contributed by atoms with E-state index < -0.39 is 11.9 Å². The molecule has 2 rings (SSSR count). The molecule has 0 saturated carbocycles. The second-order valence-corrected chi connectivity index (χ2v) is 5.38. The topological polar surface area (TPSA) is 64.3 Å². The molecule has 0 aromatic heterocycles. The molecule has 2 atom stereocenters. The van der Waals surface area contributed by atoms with Crippen molar-refractivity contribution < 1.29 is 9.53 Å². The van der Waals surface area contributed by atoms with Crippen molar-refractivity contribution in [3.8, 4) is 5.75 Å². The van der Waals surface area contributed by atoms with E-state index in [0.29, 0.717) is 0 Å². The number of methoxy groups -OCH3 is 1. The Morgan fingerprint density at radius 1 is 1.18 bits per heavy atom. The molecule has 0 bridgehead atoms. The van der Waals surface area contributed by atoms with E-state index in [0.717, 1.165) is 22.4 Å². The Morgan fingerprint density at radius 2 is 1.86 bits per heavy atom. The van der Waals surface area contributed by atoms with Crippen LogP contribution in [0, 0.1) is 6.92 Å². The van der Waals surface area contributed by atoms with Crippen molar-refractivity contribution in [1.29, 1.82) is 0 Å². The third-order valence-electron chi connectivity index (χ3n) is 3.69. The summed E-state index contributed by atoms with van der Waals surface area (Å²) in [7, 11) is 1.64. The van der Waals surface area contributed by atoms with Gasteiger partial charge in [0.2, 0.25) is 5.91 Å². The lowest BCUT2D eigenvalue weighted by atomic mass is 10.0. The van der Waals surface area contributed by atoms with Crippen LogP contribution in [0.1, 0.15) is 35.7 Å². The quantitative estimate of drug-likeness (QED) is 0.862. The standard InChI is InChI=1S/C18H22N2O2/c1-12-9-10-16(22-3)15(11-12)13(2)20-17(18(19)21)14-7-5-4-6-8-14/h4-11,13,17,20H,1-3H3,(H2,19,21)/t13-,17+/m0/s1. The molecule has 4 heteroatoms. The predicted molar refractivity (Wildman–Crippen MR) is 87.7 cm³/mol. The van der Waals surface area contributed by atoms with Crippen LogP contribution >= 0.6 is 0 Å². The average Bonchev–Trinajstić information content (AvgIpc) is 2.52. The molecule has 2 aromatic rings.